The van der Waals surface area contributed by atoms with E-state index in [-0.39, 0.29) is 24.8 Å². The van der Waals surface area contributed by atoms with E-state index in [1.807, 2.05) is 41.4 Å². The quantitative estimate of drug-likeness (QED) is 0.431. The molecule has 5 rings (SSSR count). The van der Waals surface area contributed by atoms with Gasteiger partial charge < -0.3 is 23.8 Å². The fourth-order valence-electron chi connectivity index (χ4n) is 5.15. The van der Waals surface area contributed by atoms with Crippen LogP contribution < -0.4 is 4.74 Å². The molecule has 7 nitrogen and oxygen atoms in total. The molecule has 3 aromatic rings. The van der Waals surface area contributed by atoms with Crippen LogP contribution in [0, 0.1) is 5.82 Å². The number of rotatable bonds is 8. The summed E-state index contributed by atoms with van der Waals surface area (Å²) in [7, 11) is 2.07. The van der Waals surface area contributed by atoms with Crippen LogP contribution in [0.2, 0.25) is 5.02 Å². The van der Waals surface area contributed by atoms with E-state index >= 15 is 0 Å². The highest BCUT2D eigenvalue weighted by Crippen LogP contribution is 2.28. The smallest absolute Gasteiger partial charge is 0.225 e. The van der Waals surface area contributed by atoms with E-state index in [9.17, 15) is 9.18 Å². The number of piperazine rings is 1. The molecule has 2 aliphatic rings. The molecule has 202 valence electrons. The van der Waals surface area contributed by atoms with E-state index in [0.717, 1.165) is 31.0 Å². The number of halogens is 2. The van der Waals surface area contributed by atoms with Gasteiger partial charge in [0.05, 0.1) is 23.7 Å². The van der Waals surface area contributed by atoms with Gasteiger partial charge in [-0.2, -0.15) is 0 Å². The van der Waals surface area contributed by atoms with Gasteiger partial charge in [0.15, 0.2) is 0 Å². The zero-order valence-corrected chi connectivity index (χ0v) is 22.4. The highest BCUT2D eigenvalue weighted by atomic mass is 35.5. The maximum Gasteiger partial charge on any atom is 0.225 e. The maximum absolute atomic E-state index is 13.4. The van der Waals surface area contributed by atoms with Crippen molar-refractivity contribution in [1.29, 1.82) is 0 Å². The number of hydrogen-bond acceptors (Lipinski definition) is 5. The van der Waals surface area contributed by atoms with E-state index in [4.69, 9.17) is 21.1 Å². The predicted octanol–water partition coefficient (Wildman–Crippen LogP) is 4.08. The summed E-state index contributed by atoms with van der Waals surface area (Å²) >= 11 is 6.49. The number of nitrogens with zero attached hydrogens (tertiary/aromatic N) is 4. The normalized spacial score (nSPS) is 21.0. The van der Waals surface area contributed by atoms with Crippen LogP contribution in [0.25, 0.3) is 5.69 Å². The lowest BCUT2D eigenvalue weighted by Gasteiger charge is -2.43. The summed E-state index contributed by atoms with van der Waals surface area (Å²) in [5.74, 6) is 0.298. The van der Waals surface area contributed by atoms with E-state index in [2.05, 4.69) is 27.5 Å². The molecule has 2 fully saturated rings. The van der Waals surface area contributed by atoms with Crippen LogP contribution in [-0.2, 0) is 16.1 Å². The van der Waals surface area contributed by atoms with Crippen molar-refractivity contribution >= 4 is 17.5 Å². The molecule has 1 amide bonds. The second-order valence-corrected chi connectivity index (χ2v) is 10.6. The van der Waals surface area contributed by atoms with Crippen LogP contribution in [0.3, 0.4) is 0 Å². The molecular weight excluding hydrogens is 507 g/mol. The second kappa shape index (κ2) is 11.9. The summed E-state index contributed by atoms with van der Waals surface area (Å²) in [6.45, 7) is 5.74. The minimum absolute atomic E-state index is 0.0714. The summed E-state index contributed by atoms with van der Waals surface area (Å²) in [6, 6.07) is 17.8. The predicted molar refractivity (Wildman–Crippen MR) is 145 cm³/mol. The molecule has 38 heavy (non-hydrogen) atoms. The van der Waals surface area contributed by atoms with Crippen LogP contribution in [0.4, 0.5) is 4.39 Å². The molecule has 0 N–H and O–H groups in total. The molecule has 9 heteroatoms. The molecule has 0 bridgehead atoms. The minimum atomic E-state index is -0.825. The molecule has 0 spiro atoms. The third kappa shape index (κ3) is 6.38. The lowest BCUT2D eigenvalue weighted by molar-refractivity contribution is -0.158. The summed E-state index contributed by atoms with van der Waals surface area (Å²) < 4.78 is 28.0. The highest BCUT2D eigenvalue weighted by molar-refractivity contribution is 6.32. The Morgan fingerprint density at radius 1 is 1.03 bits per heavy atom. The molecule has 1 aromatic heterocycles. The van der Waals surface area contributed by atoms with Gasteiger partial charge in [0.25, 0.3) is 0 Å². The topological polar surface area (TPSA) is 50.2 Å². The number of ether oxygens (including phenoxy) is 2. The zero-order chi connectivity index (χ0) is 26.5. The number of carbonyl (C=O) groups is 1. The number of hydrogen-bond donors (Lipinski definition) is 0. The summed E-state index contributed by atoms with van der Waals surface area (Å²) in [5.41, 5.74) is 1.20. The molecular formula is C29H34ClFN4O3. The number of aromatic nitrogens is 1. The lowest BCUT2D eigenvalue weighted by atomic mass is 9.96. The van der Waals surface area contributed by atoms with Crippen LogP contribution in [0.1, 0.15) is 12.1 Å². The average molecular weight is 541 g/mol. The van der Waals surface area contributed by atoms with Gasteiger partial charge in [-0.3, -0.25) is 9.69 Å². The van der Waals surface area contributed by atoms with Gasteiger partial charge >= 0.3 is 0 Å². The maximum atomic E-state index is 13.4. The first kappa shape index (κ1) is 26.7. The summed E-state index contributed by atoms with van der Waals surface area (Å²) in [5, 5.41) is 0.687. The molecule has 0 saturated carbocycles. The van der Waals surface area contributed by atoms with Gasteiger partial charge in [-0.05, 0) is 55.6 Å². The average Bonchev–Trinajstić information content (AvgIpc) is 3.37. The Hall–Kier alpha value is -2.91. The molecule has 2 aromatic carbocycles. The summed E-state index contributed by atoms with van der Waals surface area (Å²) in [4.78, 5) is 19.9. The Morgan fingerprint density at radius 3 is 2.55 bits per heavy atom. The number of amides is 1. The van der Waals surface area contributed by atoms with Crippen molar-refractivity contribution in [1.82, 2.24) is 19.3 Å². The number of likely N-dealkylation sites (N-methyl/N-ethyl adjacent to an activating group) is 1. The Kier molecular flexibility index (Phi) is 8.33. The minimum Gasteiger partial charge on any atom is -0.491 e. The Bertz CT molecular complexity index is 1230. The van der Waals surface area contributed by atoms with Gasteiger partial charge in [-0.1, -0.05) is 23.7 Å². The van der Waals surface area contributed by atoms with Crippen molar-refractivity contribution in [3.63, 3.8) is 0 Å². The highest BCUT2D eigenvalue weighted by Gasteiger charge is 2.41. The van der Waals surface area contributed by atoms with E-state index in [1.54, 1.807) is 12.1 Å². The molecule has 2 aliphatic heterocycles. The van der Waals surface area contributed by atoms with Gasteiger partial charge in [0.1, 0.15) is 23.8 Å². The van der Waals surface area contributed by atoms with Crippen molar-refractivity contribution in [3.8, 4) is 11.4 Å². The first-order valence-corrected chi connectivity index (χ1v) is 13.4. The van der Waals surface area contributed by atoms with Crippen LogP contribution >= 0.6 is 11.6 Å². The van der Waals surface area contributed by atoms with Crippen LogP contribution in [0.15, 0.2) is 66.9 Å². The van der Waals surface area contributed by atoms with E-state index in [1.165, 1.54) is 12.1 Å². The third-order valence-corrected chi connectivity index (χ3v) is 7.62. The Balaban J connectivity index is 1.33. The first-order valence-electron chi connectivity index (χ1n) is 13.0. The molecule has 1 atom stereocenters. The van der Waals surface area contributed by atoms with Gasteiger partial charge in [-0.25, -0.2) is 4.39 Å². The van der Waals surface area contributed by atoms with Crippen molar-refractivity contribution in [3.05, 3.63) is 83.4 Å². The van der Waals surface area contributed by atoms with Gasteiger partial charge in [-0.15, -0.1) is 0 Å². The molecule has 2 saturated heterocycles. The van der Waals surface area contributed by atoms with Gasteiger partial charge in [0, 0.05) is 57.7 Å². The number of morpholine rings is 1. The monoisotopic (exact) mass is 540 g/mol. The molecule has 3 heterocycles. The molecule has 0 aliphatic carbocycles. The standard InChI is InChI=1S/C29H34ClFN4O3/c1-32-13-15-34(16-14-32)28(36)19-29(22-37-25-10-8-23(31)9-11-25)21-33(17-18-38-29)20-24-5-4-12-35(24)27-7-3-2-6-26(27)30/h2-12H,13-22H2,1H3. The largest absolute Gasteiger partial charge is 0.491 e. The van der Waals surface area contributed by atoms with E-state index < -0.39 is 5.60 Å². The van der Waals surface area contributed by atoms with Crippen molar-refractivity contribution in [2.45, 2.75) is 18.6 Å². The van der Waals surface area contributed by atoms with Crippen molar-refractivity contribution in [2.75, 3.05) is 59.5 Å². The first-order chi connectivity index (χ1) is 18.4. The summed E-state index contributed by atoms with van der Waals surface area (Å²) in [6.07, 6.45) is 2.23. The molecule has 1 unspecified atom stereocenters. The lowest BCUT2D eigenvalue weighted by Crippen LogP contribution is -2.58. The number of benzene rings is 2. The van der Waals surface area contributed by atoms with Crippen LogP contribution in [-0.4, -0.2) is 90.3 Å². The van der Waals surface area contributed by atoms with Crippen molar-refractivity contribution in [2.24, 2.45) is 0 Å². The molecule has 0 radical (unpaired) electrons. The van der Waals surface area contributed by atoms with Crippen molar-refractivity contribution < 1.29 is 18.7 Å². The number of para-hydroxylation sites is 1. The fraction of sp³-hybridized carbons (Fsp3) is 0.414. The van der Waals surface area contributed by atoms with Crippen LogP contribution in [0.5, 0.6) is 5.75 Å². The Morgan fingerprint density at radius 2 is 1.79 bits per heavy atom. The van der Waals surface area contributed by atoms with E-state index in [0.29, 0.717) is 43.6 Å². The fourth-order valence-corrected chi connectivity index (χ4v) is 5.38. The second-order valence-electron chi connectivity index (χ2n) is 10.2. The van der Waals surface area contributed by atoms with Gasteiger partial charge in [0.2, 0.25) is 5.91 Å². The zero-order valence-electron chi connectivity index (χ0n) is 21.7. The third-order valence-electron chi connectivity index (χ3n) is 7.30. The number of carbonyl (C=O) groups excluding carboxylic acids is 1. The Labute approximate surface area is 228 Å². The SMILES string of the molecule is CN1CCN(C(=O)CC2(COc3ccc(F)cc3)CN(Cc3cccn3-c3ccccc3Cl)CCO2)CC1.